The van der Waals surface area contributed by atoms with Gasteiger partial charge in [0.05, 0.1) is 0 Å². The van der Waals surface area contributed by atoms with Gasteiger partial charge in [0.25, 0.3) is 0 Å². The molecule has 0 aromatic carbocycles. The van der Waals surface area contributed by atoms with E-state index >= 15 is 0 Å². The maximum atomic E-state index is 7.02. The van der Waals surface area contributed by atoms with Crippen LogP contribution < -0.4 is 44.0 Å². The Balaban J connectivity index is 1.08. The van der Waals surface area contributed by atoms with Gasteiger partial charge in [0.15, 0.2) is 0 Å². The summed E-state index contributed by atoms with van der Waals surface area (Å²) in [6.07, 6.45) is 8.42. The monoisotopic (exact) mass is 1360 g/mol. The predicted molar refractivity (Wildman–Crippen MR) is 386 cm³/mol. The zero-order chi connectivity index (χ0) is 72.0. The number of hydrogen-bond acceptors (Lipinski definition) is 24. The molecule has 24 nitrogen and oxygen atoms in total. The van der Waals surface area contributed by atoms with Crippen molar-refractivity contribution in [1.82, 2.24) is 74.3 Å². The highest BCUT2D eigenvalue weighted by molar-refractivity contribution is 5.36. The molecule has 6 aliphatic heterocycles. The van der Waals surface area contributed by atoms with Gasteiger partial charge >= 0.3 is 36.1 Å². The summed E-state index contributed by atoms with van der Waals surface area (Å²) in [5, 5.41) is 7.19. The topological polar surface area (TPSA) is 218 Å². The van der Waals surface area contributed by atoms with Crippen molar-refractivity contribution in [3.05, 3.63) is 0 Å². The standard InChI is InChI=1S/C73H130N18O6/c1-62(2)35-47(36-63(3,4)85(62)25)92-56-76-53(77-57(82-56)93-48-37-64(5,6)86(26)65(7,8)38-48)74-31-33-91(55-80-60(96-51-43-70(17,18)89(29)71(19,20)44-51)84-61(81-55)97-52-45-72(21,22)90(30)73(23,24)46-52)34-32-75-54-78-58(94-49-39-66(9,10)87(27)67(11,12)40-49)83-59(79-54)95-50-41-68(13,14)88(28)69(15,16)42-50/h47-52H,31-46H2,1-30H3,(H,74,76,77,82)(H,75,78,79,83). The summed E-state index contributed by atoms with van der Waals surface area (Å²) < 4.78 is 41.5. The molecule has 0 radical (unpaired) electrons. The Bertz CT molecular complexity index is 2790. The fraction of sp³-hybridized carbons (Fsp3) is 0.877. The van der Waals surface area contributed by atoms with E-state index in [4.69, 9.17) is 73.3 Å². The molecule has 0 saturated carbocycles. The molecule has 3 aromatic heterocycles. The molecule has 548 valence electrons. The highest BCUT2D eigenvalue weighted by atomic mass is 16.5. The molecular formula is C73H130N18O6. The summed E-state index contributed by atoms with van der Waals surface area (Å²) in [5.74, 6) is 1.05. The van der Waals surface area contributed by atoms with Crippen LogP contribution in [0.2, 0.25) is 0 Å². The molecule has 6 fully saturated rings. The molecule has 0 amide bonds. The van der Waals surface area contributed by atoms with Crippen molar-refractivity contribution in [3.8, 4) is 36.1 Å². The molecule has 6 saturated heterocycles. The van der Waals surface area contributed by atoms with Gasteiger partial charge in [-0.25, -0.2) is 0 Å². The lowest BCUT2D eigenvalue weighted by Crippen LogP contribution is -2.60. The van der Waals surface area contributed by atoms with E-state index in [1.54, 1.807) is 0 Å². The summed E-state index contributed by atoms with van der Waals surface area (Å²) in [6, 6.07) is 1.30. The Morgan fingerprint density at radius 2 is 0.423 bits per heavy atom. The van der Waals surface area contributed by atoms with Crippen LogP contribution in [0.25, 0.3) is 0 Å². The van der Waals surface area contributed by atoms with Crippen molar-refractivity contribution in [2.75, 3.05) is 84.0 Å². The lowest BCUT2D eigenvalue weighted by atomic mass is 9.79. The second-order valence-corrected chi connectivity index (χ2v) is 37.5. The largest absolute Gasteiger partial charge is 0.460 e. The van der Waals surface area contributed by atoms with Crippen LogP contribution in [-0.2, 0) is 0 Å². The van der Waals surface area contributed by atoms with E-state index in [-0.39, 0.29) is 139 Å². The van der Waals surface area contributed by atoms with E-state index < -0.39 is 0 Å². The van der Waals surface area contributed by atoms with Gasteiger partial charge in [0.2, 0.25) is 17.8 Å². The van der Waals surface area contributed by atoms with Gasteiger partial charge in [-0.05, 0) is 208 Å². The number of likely N-dealkylation sites (tertiary alicyclic amines) is 6. The molecule has 3 aromatic rings. The first-order valence-electron chi connectivity index (χ1n) is 36.2. The van der Waals surface area contributed by atoms with Crippen LogP contribution in [0.5, 0.6) is 36.1 Å². The summed E-state index contributed by atoms with van der Waals surface area (Å²) >= 11 is 0. The Hall–Kier alpha value is -5.01. The van der Waals surface area contributed by atoms with Gasteiger partial charge in [-0.3, -0.25) is 29.4 Å². The van der Waals surface area contributed by atoms with E-state index in [1.165, 1.54) is 0 Å². The van der Waals surface area contributed by atoms with Crippen LogP contribution in [0.4, 0.5) is 17.8 Å². The third-order valence-corrected chi connectivity index (χ3v) is 24.6. The first-order valence-corrected chi connectivity index (χ1v) is 36.2. The average Bonchev–Trinajstić information content (AvgIpc) is 0.805. The van der Waals surface area contributed by atoms with E-state index in [2.05, 4.69) is 253 Å². The number of anilines is 3. The average molecular weight is 1360 g/mol. The van der Waals surface area contributed by atoms with Crippen LogP contribution >= 0.6 is 0 Å². The lowest BCUT2D eigenvalue weighted by molar-refractivity contribution is -0.0617. The Morgan fingerprint density at radius 3 is 0.588 bits per heavy atom. The van der Waals surface area contributed by atoms with Crippen LogP contribution in [0.15, 0.2) is 0 Å². The van der Waals surface area contributed by atoms with Gasteiger partial charge in [-0.15, -0.1) is 15.0 Å². The summed E-state index contributed by atoms with van der Waals surface area (Å²) in [5.41, 5.74) is -1.69. The number of hydrogen-bond donors (Lipinski definition) is 2. The van der Waals surface area contributed by atoms with E-state index in [9.17, 15) is 0 Å². The van der Waals surface area contributed by atoms with Crippen molar-refractivity contribution in [3.63, 3.8) is 0 Å². The molecule has 97 heavy (non-hydrogen) atoms. The number of piperidine rings is 6. The van der Waals surface area contributed by atoms with Crippen LogP contribution in [0.3, 0.4) is 0 Å². The number of ether oxygens (including phenoxy) is 6. The minimum atomic E-state index is -0.188. The summed E-state index contributed by atoms with van der Waals surface area (Å²) in [4.78, 5) is 62.2. The van der Waals surface area contributed by atoms with Gasteiger partial charge in [-0.1, -0.05) is 0 Å². The molecular weight excluding hydrogens is 1220 g/mol. The predicted octanol–water partition coefficient (Wildman–Crippen LogP) is 11.5. The van der Waals surface area contributed by atoms with Gasteiger partial charge in [-0.2, -0.15) is 29.9 Å². The smallest absolute Gasteiger partial charge is 0.324 e. The molecule has 0 spiro atoms. The molecule has 2 N–H and O–H groups in total. The Morgan fingerprint density at radius 1 is 0.268 bits per heavy atom. The zero-order valence-electron chi connectivity index (χ0n) is 65.9. The van der Waals surface area contributed by atoms with Crippen molar-refractivity contribution in [2.24, 2.45) is 0 Å². The fourth-order valence-corrected chi connectivity index (χ4v) is 17.6. The highest BCUT2D eigenvalue weighted by Crippen LogP contribution is 2.45. The van der Waals surface area contributed by atoms with Gasteiger partial charge < -0.3 is 44.0 Å². The third-order valence-electron chi connectivity index (χ3n) is 24.6. The number of aromatic nitrogens is 9. The van der Waals surface area contributed by atoms with Gasteiger partial charge in [0, 0.05) is 170 Å². The SMILES string of the molecule is CN1C(C)(C)CC(Oc2nc(NCCN(CCNc3nc(OC4CC(C)(C)N(C)C(C)(C)C4)nc(OC4CC(C)(C)N(C)C(C)(C)C4)n3)c3nc(OC4CC(C)(C)N(C)C(C)(C)C4)nc(OC4CC(C)(C)N(C)C(C)(C)C4)n3)nc(OC3CC(C)(C)N(C)C(C)(C)C3)n2)CC1(C)C. The van der Waals surface area contributed by atoms with Crippen molar-refractivity contribution < 1.29 is 28.4 Å². The first kappa shape index (κ1) is 76.2. The first-order chi connectivity index (χ1) is 44.3. The fourth-order valence-electron chi connectivity index (χ4n) is 17.6. The van der Waals surface area contributed by atoms with E-state index in [0.29, 0.717) is 44.0 Å². The maximum Gasteiger partial charge on any atom is 0.324 e. The summed E-state index contributed by atoms with van der Waals surface area (Å²) in [7, 11) is 13.2. The minimum Gasteiger partial charge on any atom is -0.460 e. The molecule has 24 heteroatoms. The maximum absolute atomic E-state index is 7.02. The molecule has 0 bridgehead atoms. The van der Waals surface area contributed by atoms with E-state index in [1.807, 2.05) is 0 Å². The second kappa shape index (κ2) is 26.7. The normalized spacial score (nSPS) is 26.2. The van der Waals surface area contributed by atoms with Crippen LogP contribution in [0.1, 0.15) is 243 Å². The Kier molecular flexibility index (Phi) is 21.0. The third kappa shape index (κ3) is 17.5. The second-order valence-electron chi connectivity index (χ2n) is 37.5. The van der Waals surface area contributed by atoms with Crippen molar-refractivity contribution in [2.45, 2.75) is 346 Å². The molecule has 9 heterocycles. The molecule has 0 atom stereocenters. The Labute approximate surface area is 584 Å². The minimum absolute atomic E-state index is 0.132. The van der Waals surface area contributed by atoms with Crippen LogP contribution in [-0.4, -0.2) is 246 Å². The van der Waals surface area contributed by atoms with Crippen LogP contribution in [0, 0.1) is 0 Å². The van der Waals surface area contributed by atoms with Gasteiger partial charge in [0.1, 0.15) is 36.6 Å². The number of nitrogens with one attached hydrogen (secondary N) is 2. The molecule has 9 rings (SSSR count). The zero-order valence-corrected chi connectivity index (χ0v) is 65.9. The van der Waals surface area contributed by atoms with Crippen molar-refractivity contribution >= 4 is 17.8 Å². The molecule has 0 unspecified atom stereocenters. The lowest BCUT2D eigenvalue weighted by Gasteiger charge is -2.53. The number of rotatable bonds is 21. The number of nitrogens with zero attached hydrogens (tertiary/aromatic N) is 16. The molecule has 6 aliphatic rings. The van der Waals surface area contributed by atoms with Crippen molar-refractivity contribution in [1.29, 1.82) is 0 Å². The summed E-state index contributed by atoms with van der Waals surface area (Å²) in [6.45, 7) is 55.9. The quantitative estimate of drug-likeness (QED) is 0.101. The molecule has 0 aliphatic carbocycles. The van der Waals surface area contributed by atoms with E-state index in [0.717, 1.165) is 77.0 Å². The highest BCUT2D eigenvalue weighted by Gasteiger charge is 2.50.